The molecule has 3 aliphatic rings. The lowest BCUT2D eigenvalue weighted by Gasteiger charge is -2.32. The Labute approximate surface area is 290 Å². The Bertz CT molecular complexity index is 2300. The van der Waals surface area contributed by atoms with Gasteiger partial charge in [0.2, 0.25) is 10.0 Å². The molecular formula is C37H33N5O6S2. The second-order valence-corrected chi connectivity index (χ2v) is 16.7. The van der Waals surface area contributed by atoms with Gasteiger partial charge in [0.25, 0.3) is 11.8 Å². The number of sulfonamides is 1. The van der Waals surface area contributed by atoms with Gasteiger partial charge in [0.15, 0.2) is 9.84 Å². The smallest absolute Gasteiger partial charge is 0.270 e. The SMILES string of the molecule is N#CC1=C(c2ccccc2)/C(=C/c2cn(-c3ccccc3)nc2-c2ccc(S(=O)(=O)N3CCCCC3)cc2)C(=O)N(C2CCS(=O)(=O)C2)C1=O. The van der Waals surface area contributed by atoms with Gasteiger partial charge in [0.05, 0.1) is 39.4 Å². The van der Waals surface area contributed by atoms with Gasteiger partial charge in [0, 0.05) is 36.0 Å². The monoisotopic (exact) mass is 707 g/mol. The fraction of sp³-hybridized carbons (Fsp3) is 0.243. The van der Waals surface area contributed by atoms with E-state index in [9.17, 15) is 31.7 Å². The Morgan fingerprint density at radius 2 is 1.50 bits per heavy atom. The molecule has 0 radical (unpaired) electrons. The number of nitriles is 1. The van der Waals surface area contributed by atoms with Crippen LogP contribution >= 0.6 is 0 Å². The number of imide groups is 1. The minimum absolute atomic E-state index is 0.0369. The number of aromatic nitrogens is 2. The Morgan fingerprint density at radius 1 is 0.840 bits per heavy atom. The molecule has 0 bridgehead atoms. The molecule has 4 heterocycles. The largest absolute Gasteiger partial charge is 0.272 e. The van der Waals surface area contributed by atoms with Crippen molar-refractivity contribution in [2.75, 3.05) is 24.6 Å². The van der Waals surface area contributed by atoms with E-state index >= 15 is 0 Å². The molecule has 11 nitrogen and oxygen atoms in total. The van der Waals surface area contributed by atoms with Crippen molar-refractivity contribution in [3.05, 3.63) is 113 Å². The van der Waals surface area contributed by atoms with Crippen LogP contribution in [0.3, 0.4) is 0 Å². The molecule has 4 aromatic rings. The van der Waals surface area contributed by atoms with Crippen molar-refractivity contribution in [2.45, 2.75) is 36.6 Å². The third-order valence-corrected chi connectivity index (χ3v) is 13.0. The molecule has 1 unspecified atom stereocenters. The maximum absolute atomic E-state index is 14.4. The van der Waals surface area contributed by atoms with Gasteiger partial charge in [-0.2, -0.15) is 14.7 Å². The molecule has 13 heteroatoms. The number of sulfone groups is 1. The molecule has 254 valence electrons. The Morgan fingerprint density at radius 3 is 2.12 bits per heavy atom. The van der Waals surface area contributed by atoms with Crippen molar-refractivity contribution in [3.63, 3.8) is 0 Å². The summed E-state index contributed by atoms with van der Waals surface area (Å²) in [4.78, 5) is 29.3. The molecule has 2 amide bonds. The summed E-state index contributed by atoms with van der Waals surface area (Å²) < 4.78 is 54.8. The summed E-state index contributed by atoms with van der Waals surface area (Å²) in [5, 5.41) is 15.2. The Kier molecular flexibility index (Phi) is 8.86. The number of carbonyl (C=O) groups excluding carboxylic acids is 2. The molecule has 1 atom stereocenters. The van der Waals surface area contributed by atoms with Crippen LogP contribution in [-0.2, 0) is 29.4 Å². The van der Waals surface area contributed by atoms with E-state index in [2.05, 4.69) is 0 Å². The standard InChI is InChI=1S/C37H33N5O6S2/c38-23-33-34(26-10-4-1-5-11-26)32(36(43)42(37(33)44)30-18-21-49(45,46)25-30)22-28-24-41(29-12-6-2-7-13-29)39-35(28)27-14-16-31(17-15-27)50(47,48)40-19-8-3-9-20-40/h1-2,4-7,10-17,22,24,30H,3,8-9,18-21,25H2/b32-22-. The van der Waals surface area contributed by atoms with Crippen molar-refractivity contribution in [2.24, 2.45) is 0 Å². The van der Waals surface area contributed by atoms with Gasteiger partial charge < -0.3 is 0 Å². The van der Waals surface area contributed by atoms with Gasteiger partial charge in [-0.3, -0.25) is 14.5 Å². The molecular weight excluding hydrogens is 675 g/mol. The van der Waals surface area contributed by atoms with E-state index < -0.39 is 37.7 Å². The summed E-state index contributed by atoms with van der Waals surface area (Å²) in [6.07, 6.45) is 6.01. The number of nitrogens with zero attached hydrogens (tertiary/aromatic N) is 5. The van der Waals surface area contributed by atoms with Gasteiger partial charge >= 0.3 is 0 Å². The number of amides is 2. The van der Waals surface area contributed by atoms with Gasteiger partial charge in [-0.1, -0.05) is 67.1 Å². The highest BCUT2D eigenvalue weighted by Gasteiger charge is 2.45. The van der Waals surface area contributed by atoms with Crippen LogP contribution in [0.1, 0.15) is 36.8 Å². The van der Waals surface area contributed by atoms with E-state index in [0.29, 0.717) is 35.5 Å². The second kappa shape index (κ2) is 13.3. The summed E-state index contributed by atoms with van der Waals surface area (Å²) in [6.45, 7) is 0.956. The van der Waals surface area contributed by atoms with E-state index in [1.165, 1.54) is 4.31 Å². The first kappa shape index (κ1) is 33.3. The minimum Gasteiger partial charge on any atom is -0.270 e. The van der Waals surface area contributed by atoms with Crippen LogP contribution in [0.25, 0.3) is 28.6 Å². The molecule has 0 aliphatic carbocycles. The summed E-state index contributed by atoms with van der Waals surface area (Å²) in [5.41, 5.74) is 2.57. The van der Waals surface area contributed by atoms with Gasteiger partial charge in [-0.25, -0.2) is 21.5 Å². The number of hydrogen-bond acceptors (Lipinski definition) is 8. The maximum atomic E-state index is 14.4. The number of para-hydroxylation sites is 1. The van der Waals surface area contributed by atoms with Gasteiger partial charge in [-0.05, 0) is 55.2 Å². The first-order valence-electron chi connectivity index (χ1n) is 16.3. The fourth-order valence-corrected chi connectivity index (χ4v) is 9.99. The third-order valence-electron chi connectivity index (χ3n) is 9.29. The summed E-state index contributed by atoms with van der Waals surface area (Å²) in [7, 11) is -7.15. The predicted octanol–water partition coefficient (Wildman–Crippen LogP) is 4.63. The average Bonchev–Trinajstić information content (AvgIpc) is 3.73. The van der Waals surface area contributed by atoms with Crippen molar-refractivity contribution in [1.82, 2.24) is 19.0 Å². The summed E-state index contributed by atoms with van der Waals surface area (Å²) in [5.74, 6) is -2.08. The van der Waals surface area contributed by atoms with Crippen LogP contribution in [0, 0.1) is 11.3 Å². The number of benzene rings is 3. The van der Waals surface area contributed by atoms with Crippen LogP contribution in [0.2, 0.25) is 0 Å². The topological polar surface area (TPSA) is 151 Å². The van der Waals surface area contributed by atoms with Crippen LogP contribution in [0.15, 0.2) is 107 Å². The zero-order valence-corrected chi connectivity index (χ0v) is 28.6. The van der Waals surface area contributed by atoms with Crippen molar-refractivity contribution in [3.8, 4) is 23.0 Å². The highest BCUT2D eigenvalue weighted by atomic mass is 32.2. The Balaban J connectivity index is 1.39. The first-order valence-corrected chi connectivity index (χ1v) is 19.6. The molecule has 0 saturated carbocycles. The highest BCUT2D eigenvalue weighted by Crippen LogP contribution is 2.38. The number of hydrogen-bond donors (Lipinski definition) is 0. The fourth-order valence-electron chi connectivity index (χ4n) is 6.77. The average molecular weight is 708 g/mol. The lowest BCUT2D eigenvalue weighted by atomic mass is 9.86. The number of piperidine rings is 1. The molecule has 0 spiro atoms. The summed E-state index contributed by atoms with van der Waals surface area (Å²) in [6, 6.07) is 25.5. The second-order valence-electron chi connectivity index (χ2n) is 12.5. The van der Waals surface area contributed by atoms with Crippen LogP contribution in [0.4, 0.5) is 0 Å². The zero-order chi connectivity index (χ0) is 35.0. The molecule has 3 aliphatic heterocycles. The van der Waals surface area contributed by atoms with Crippen LogP contribution in [0.5, 0.6) is 0 Å². The van der Waals surface area contributed by atoms with Gasteiger partial charge in [-0.15, -0.1) is 0 Å². The maximum Gasteiger partial charge on any atom is 0.272 e. The van der Waals surface area contributed by atoms with Crippen molar-refractivity contribution >= 4 is 43.3 Å². The van der Waals surface area contributed by atoms with Crippen molar-refractivity contribution in [1.29, 1.82) is 5.26 Å². The number of carbonyl (C=O) groups is 2. The molecule has 1 aromatic heterocycles. The normalized spacial score (nSPS) is 20.7. The Hall–Kier alpha value is -5.16. The van der Waals surface area contributed by atoms with E-state index in [1.54, 1.807) is 71.6 Å². The molecule has 0 N–H and O–H groups in total. The van der Waals surface area contributed by atoms with Gasteiger partial charge in [0.1, 0.15) is 11.6 Å². The lowest BCUT2D eigenvalue weighted by molar-refractivity contribution is -0.142. The molecule has 50 heavy (non-hydrogen) atoms. The van der Waals surface area contributed by atoms with Crippen molar-refractivity contribution < 1.29 is 26.4 Å². The highest BCUT2D eigenvalue weighted by molar-refractivity contribution is 7.91. The van der Waals surface area contributed by atoms with E-state index in [0.717, 1.165) is 29.8 Å². The molecule has 3 aromatic carbocycles. The first-order chi connectivity index (χ1) is 24.1. The quantitative estimate of drug-likeness (QED) is 0.199. The van der Waals surface area contributed by atoms with Crippen LogP contribution < -0.4 is 0 Å². The lowest BCUT2D eigenvalue weighted by Crippen LogP contribution is -2.49. The minimum atomic E-state index is -3.68. The molecule has 2 saturated heterocycles. The molecule has 2 fully saturated rings. The van der Waals surface area contributed by atoms with E-state index in [4.69, 9.17) is 5.10 Å². The summed E-state index contributed by atoms with van der Waals surface area (Å²) >= 11 is 0. The van der Waals surface area contributed by atoms with E-state index in [1.807, 2.05) is 36.4 Å². The molecule has 7 rings (SSSR count). The number of rotatable bonds is 7. The third kappa shape index (κ3) is 6.22. The van der Waals surface area contributed by atoms with E-state index in [-0.39, 0.29) is 39.5 Å². The zero-order valence-electron chi connectivity index (χ0n) is 27.0. The predicted molar refractivity (Wildman–Crippen MR) is 187 cm³/mol. The van der Waals surface area contributed by atoms with Crippen LogP contribution in [-0.4, -0.2) is 78.3 Å².